The van der Waals surface area contributed by atoms with Crippen LogP contribution in [0.25, 0.3) is 0 Å². The molecule has 0 radical (unpaired) electrons. The Hall–Kier alpha value is -0.530. The predicted octanol–water partition coefficient (Wildman–Crippen LogP) is 4.81. The third kappa shape index (κ3) is 10.6. The fourth-order valence-electron chi connectivity index (χ4n) is 2.43. The van der Waals surface area contributed by atoms with Crippen LogP contribution in [-0.2, 0) is 4.79 Å². The van der Waals surface area contributed by atoms with E-state index in [2.05, 4.69) is 6.92 Å². The van der Waals surface area contributed by atoms with Gasteiger partial charge in [-0.25, -0.2) is 0 Å². The second kappa shape index (κ2) is 12.9. The number of primary amides is 1. The minimum Gasteiger partial charge on any atom is -0.369 e. The molecule has 0 aliphatic rings. The highest BCUT2D eigenvalue weighted by Gasteiger charge is 2.11. The van der Waals surface area contributed by atoms with Crippen molar-refractivity contribution >= 4 is 5.91 Å². The van der Waals surface area contributed by atoms with Crippen LogP contribution in [0.2, 0.25) is 0 Å². The average Bonchev–Trinajstić information content (AvgIpc) is 2.35. The van der Waals surface area contributed by atoms with Gasteiger partial charge in [-0.15, -0.1) is 0 Å². The highest BCUT2D eigenvalue weighted by molar-refractivity contribution is 5.76. The maximum absolute atomic E-state index is 11.0. The molecule has 2 nitrogen and oxygen atoms in total. The summed E-state index contributed by atoms with van der Waals surface area (Å²) >= 11 is 0. The van der Waals surface area contributed by atoms with Crippen LogP contribution in [0.15, 0.2) is 0 Å². The zero-order valence-corrected chi connectivity index (χ0v) is 12.5. The molecule has 0 aromatic heterocycles. The Morgan fingerprint density at radius 3 is 1.67 bits per heavy atom. The Bertz CT molecular complexity index is 192. The van der Waals surface area contributed by atoms with Gasteiger partial charge in [-0.2, -0.15) is 0 Å². The van der Waals surface area contributed by atoms with Gasteiger partial charge in [0.15, 0.2) is 0 Å². The molecule has 0 fully saturated rings. The molecule has 1 atom stereocenters. The van der Waals surface area contributed by atoms with Crippen molar-refractivity contribution in [2.45, 2.75) is 90.9 Å². The summed E-state index contributed by atoms with van der Waals surface area (Å²) < 4.78 is 0. The summed E-state index contributed by atoms with van der Waals surface area (Å²) in [5.74, 6) is -0.00697. The smallest absolute Gasteiger partial charge is 0.220 e. The molecule has 0 saturated heterocycles. The maximum Gasteiger partial charge on any atom is 0.220 e. The zero-order chi connectivity index (χ0) is 13.6. The van der Waals surface area contributed by atoms with Crippen molar-refractivity contribution < 1.29 is 4.79 Å². The lowest BCUT2D eigenvalue weighted by atomic mass is 9.97. The molecule has 0 aromatic rings. The van der Waals surface area contributed by atoms with Gasteiger partial charge in [0.1, 0.15) is 0 Å². The third-order valence-corrected chi connectivity index (χ3v) is 3.80. The Kier molecular flexibility index (Phi) is 12.5. The molecule has 0 rings (SSSR count). The summed E-state index contributed by atoms with van der Waals surface area (Å²) in [6.45, 7) is 4.31. The summed E-state index contributed by atoms with van der Waals surface area (Å²) in [5, 5.41) is 0. The number of nitrogens with two attached hydrogens (primary N) is 1. The SMILES string of the molecule is CCCCCCCCCCCCC(CC)C(N)=O. The quantitative estimate of drug-likeness (QED) is 0.472. The predicted molar refractivity (Wildman–Crippen MR) is 79.4 cm³/mol. The normalized spacial score (nSPS) is 12.6. The van der Waals surface area contributed by atoms with Crippen LogP contribution in [0, 0.1) is 5.92 Å². The van der Waals surface area contributed by atoms with Crippen LogP contribution >= 0.6 is 0 Å². The van der Waals surface area contributed by atoms with E-state index in [1.165, 1.54) is 57.8 Å². The average molecular weight is 255 g/mol. The van der Waals surface area contributed by atoms with Crippen molar-refractivity contribution in [3.8, 4) is 0 Å². The molecule has 0 aliphatic heterocycles. The fraction of sp³-hybridized carbons (Fsp3) is 0.938. The molecule has 18 heavy (non-hydrogen) atoms. The van der Waals surface area contributed by atoms with Crippen molar-refractivity contribution in [2.24, 2.45) is 11.7 Å². The van der Waals surface area contributed by atoms with Gasteiger partial charge in [0, 0.05) is 5.92 Å². The molecule has 0 aliphatic carbocycles. The van der Waals surface area contributed by atoms with E-state index in [9.17, 15) is 4.79 Å². The number of carbonyl (C=O) groups is 1. The summed E-state index contributed by atoms with van der Waals surface area (Å²) in [7, 11) is 0. The molecule has 0 bridgehead atoms. The van der Waals surface area contributed by atoms with Gasteiger partial charge in [-0.1, -0.05) is 78.1 Å². The first-order valence-electron chi connectivity index (χ1n) is 8.01. The number of hydrogen-bond donors (Lipinski definition) is 1. The van der Waals surface area contributed by atoms with Gasteiger partial charge in [0.25, 0.3) is 0 Å². The van der Waals surface area contributed by atoms with E-state index in [0.717, 1.165) is 19.3 Å². The molecular formula is C16H33NO. The van der Waals surface area contributed by atoms with Crippen LogP contribution < -0.4 is 5.73 Å². The van der Waals surface area contributed by atoms with Crippen molar-refractivity contribution in [3.63, 3.8) is 0 Å². The second-order valence-electron chi connectivity index (χ2n) is 5.48. The molecule has 0 heterocycles. The van der Waals surface area contributed by atoms with Gasteiger partial charge in [-0.05, 0) is 12.8 Å². The van der Waals surface area contributed by atoms with Crippen molar-refractivity contribution in [3.05, 3.63) is 0 Å². The van der Waals surface area contributed by atoms with Gasteiger partial charge < -0.3 is 5.73 Å². The molecule has 1 amide bonds. The Morgan fingerprint density at radius 2 is 1.28 bits per heavy atom. The first-order valence-corrected chi connectivity index (χ1v) is 8.01. The summed E-state index contributed by atoms with van der Waals surface area (Å²) in [5.41, 5.74) is 5.33. The minimum atomic E-state index is -0.117. The minimum absolute atomic E-state index is 0.110. The van der Waals surface area contributed by atoms with E-state index in [4.69, 9.17) is 5.73 Å². The van der Waals surface area contributed by atoms with Crippen LogP contribution in [0.3, 0.4) is 0 Å². The first-order chi connectivity index (χ1) is 8.72. The molecule has 0 spiro atoms. The van der Waals surface area contributed by atoms with E-state index < -0.39 is 0 Å². The van der Waals surface area contributed by atoms with E-state index in [1.807, 2.05) is 6.92 Å². The van der Waals surface area contributed by atoms with Gasteiger partial charge in [-0.3, -0.25) is 4.79 Å². The third-order valence-electron chi connectivity index (χ3n) is 3.80. The summed E-state index contributed by atoms with van der Waals surface area (Å²) in [6, 6.07) is 0. The highest BCUT2D eigenvalue weighted by atomic mass is 16.1. The highest BCUT2D eigenvalue weighted by Crippen LogP contribution is 2.15. The number of rotatable bonds is 13. The lowest BCUT2D eigenvalue weighted by Crippen LogP contribution is -2.22. The first kappa shape index (κ1) is 17.5. The Balaban J connectivity index is 3.18. The van der Waals surface area contributed by atoms with E-state index in [-0.39, 0.29) is 11.8 Å². The Morgan fingerprint density at radius 1 is 0.833 bits per heavy atom. The van der Waals surface area contributed by atoms with Crippen LogP contribution in [0.4, 0.5) is 0 Å². The maximum atomic E-state index is 11.0. The zero-order valence-electron chi connectivity index (χ0n) is 12.5. The van der Waals surface area contributed by atoms with Crippen molar-refractivity contribution in [1.82, 2.24) is 0 Å². The molecule has 108 valence electrons. The van der Waals surface area contributed by atoms with E-state index >= 15 is 0 Å². The molecule has 0 saturated carbocycles. The van der Waals surface area contributed by atoms with Gasteiger partial charge in [0.05, 0.1) is 0 Å². The fourth-order valence-corrected chi connectivity index (χ4v) is 2.43. The largest absolute Gasteiger partial charge is 0.369 e. The Labute approximate surface area is 114 Å². The lowest BCUT2D eigenvalue weighted by Gasteiger charge is -2.09. The lowest BCUT2D eigenvalue weighted by molar-refractivity contribution is -0.122. The molecule has 2 N–H and O–H groups in total. The molecule has 2 heteroatoms. The molecule has 0 aromatic carbocycles. The summed E-state index contributed by atoms with van der Waals surface area (Å²) in [6.07, 6.45) is 15.3. The van der Waals surface area contributed by atoms with Crippen molar-refractivity contribution in [2.75, 3.05) is 0 Å². The van der Waals surface area contributed by atoms with Crippen LogP contribution in [0.5, 0.6) is 0 Å². The monoisotopic (exact) mass is 255 g/mol. The second-order valence-corrected chi connectivity index (χ2v) is 5.48. The standard InChI is InChI=1S/C16H33NO/c1-3-5-6-7-8-9-10-11-12-13-14-15(4-2)16(17)18/h15H,3-14H2,1-2H3,(H2,17,18). The van der Waals surface area contributed by atoms with E-state index in [0.29, 0.717) is 0 Å². The van der Waals surface area contributed by atoms with Crippen LogP contribution in [0.1, 0.15) is 90.9 Å². The van der Waals surface area contributed by atoms with E-state index in [1.54, 1.807) is 0 Å². The number of carbonyl (C=O) groups excluding carboxylic acids is 1. The van der Waals surface area contributed by atoms with Gasteiger partial charge in [0.2, 0.25) is 5.91 Å². The number of hydrogen-bond acceptors (Lipinski definition) is 1. The summed E-state index contributed by atoms with van der Waals surface area (Å²) in [4.78, 5) is 11.0. The molecule has 1 unspecified atom stereocenters. The van der Waals surface area contributed by atoms with Crippen LogP contribution in [-0.4, -0.2) is 5.91 Å². The topological polar surface area (TPSA) is 43.1 Å². The molecular weight excluding hydrogens is 222 g/mol. The number of amides is 1. The van der Waals surface area contributed by atoms with Crippen molar-refractivity contribution in [1.29, 1.82) is 0 Å². The van der Waals surface area contributed by atoms with Gasteiger partial charge >= 0.3 is 0 Å². The number of unbranched alkanes of at least 4 members (excludes halogenated alkanes) is 9.